The third kappa shape index (κ3) is 1.39. The number of nitrogen functional groups attached to an aromatic ring is 1. The molecule has 14 heavy (non-hydrogen) atoms. The second-order valence-electron chi connectivity index (χ2n) is 3.60. The minimum atomic E-state index is 0.380. The minimum Gasteiger partial charge on any atom is -0.382 e. The van der Waals surface area contributed by atoms with Gasteiger partial charge >= 0.3 is 0 Å². The summed E-state index contributed by atoms with van der Waals surface area (Å²) in [5.74, 6) is 0.876. The molecule has 6 heteroatoms. The molecule has 74 valence electrons. The highest BCUT2D eigenvalue weighted by Gasteiger charge is 2.09. The summed E-state index contributed by atoms with van der Waals surface area (Å²) in [6, 6.07) is 0. The fraction of sp³-hybridized carbons (Fsp3) is 0.500. The molecule has 0 amide bonds. The minimum absolute atomic E-state index is 0.380. The normalized spacial score (nSPS) is 11.4. The number of nitrogens with zero attached hydrogens (tertiary/aromatic N) is 5. The second-order valence-corrected chi connectivity index (χ2v) is 3.60. The van der Waals surface area contributed by atoms with E-state index >= 15 is 0 Å². The van der Waals surface area contributed by atoms with E-state index in [1.54, 1.807) is 4.68 Å². The molecule has 2 aromatic heterocycles. The van der Waals surface area contributed by atoms with Gasteiger partial charge in [-0.25, -0.2) is 14.6 Å². The lowest BCUT2D eigenvalue weighted by Gasteiger charge is -2.03. The van der Waals surface area contributed by atoms with Crippen LogP contribution in [0.3, 0.4) is 0 Å². The van der Waals surface area contributed by atoms with Crippen molar-refractivity contribution in [2.75, 3.05) is 5.73 Å². The Kier molecular flexibility index (Phi) is 2.03. The van der Waals surface area contributed by atoms with Crippen LogP contribution in [-0.2, 0) is 6.54 Å². The Morgan fingerprint density at radius 3 is 2.93 bits per heavy atom. The van der Waals surface area contributed by atoms with Crippen molar-refractivity contribution in [1.82, 2.24) is 25.0 Å². The first kappa shape index (κ1) is 8.86. The van der Waals surface area contributed by atoms with Crippen molar-refractivity contribution < 1.29 is 0 Å². The maximum atomic E-state index is 5.63. The van der Waals surface area contributed by atoms with Crippen LogP contribution in [0.25, 0.3) is 11.2 Å². The van der Waals surface area contributed by atoms with Gasteiger partial charge < -0.3 is 5.73 Å². The molecule has 0 aromatic carbocycles. The lowest BCUT2D eigenvalue weighted by Crippen LogP contribution is -2.07. The van der Waals surface area contributed by atoms with Crippen LogP contribution in [0.2, 0.25) is 0 Å². The van der Waals surface area contributed by atoms with E-state index in [4.69, 9.17) is 5.73 Å². The summed E-state index contributed by atoms with van der Waals surface area (Å²) in [6.45, 7) is 5.00. The van der Waals surface area contributed by atoms with Gasteiger partial charge in [0.1, 0.15) is 6.33 Å². The van der Waals surface area contributed by atoms with Crippen LogP contribution >= 0.6 is 0 Å². The van der Waals surface area contributed by atoms with E-state index in [0.717, 1.165) is 6.54 Å². The van der Waals surface area contributed by atoms with Crippen LogP contribution in [0.1, 0.15) is 13.8 Å². The molecular formula is C8H12N6. The van der Waals surface area contributed by atoms with E-state index in [9.17, 15) is 0 Å². The Bertz CT molecular complexity index is 446. The van der Waals surface area contributed by atoms with Gasteiger partial charge in [-0.1, -0.05) is 19.1 Å². The molecule has 2 N–H and O–H groups in total. The lowest BCUT2D eigenvalue weighted by molar-refractivity contribution is 0.480. The largest absolute Gasteiger partial charge is 0.382 e. The second kappa shape index (κ2) is 3.21. The molecule has 2 rings (SSSR count). The van der Waals surface area contributed by atoms with Crippen molar-refractivity contribution >= 4 is 17.0 Å². The van der Waals surface area contributed by atoms with Gasteiger partial charge in [0.2, 0.25) is 0 Å². The van der Waals surface area contributed by atoms with Gasteiger partial charge in [0.25, 0.3) is 0 Å². The molecule has 2 aromatic rings. The Labute approximate surface area is 81.1 Å². The predicted molar refractivity (Wildman–Crippen MR) is 52.4 cm³/mol. The smallest absolute Gasteiger partial charge is 0.183 e. The Morgan fingerprint density at radius 1 is 1.43 bits per heavy atom. The molecule has 0 aliphatic heterocycles. The number of hydrogen-bond acceptors (Lipinski definition) is 5. The molecule has 0 fully saturated rings. The number of nitrogens with two attached hydrogens (primary N) is 1. The monoisotopic (exact) mass is 192 g/mol. The molecule has 0 aliphatic rings. The summed E-state index contributed by atoms with van der Waals surface area (Å²) in [6.07, 6.45) is 1.43. The Hall–Kier alpha value is -1.72. The van der Waals surface area contributed by atoms with Crippen LogP contribution < -0.4 is 5.73 Å². The molecule has 0 radical (unpaired) electrons. The molecule has 0 atom stereocenters. The molecule has 0 spiro atoms. The maximum absolute atomic E-state index is 5.63. The van der Waals surface area contributed by atoms with E-state index in [0.29, 0.717) is 22.9 Å². The van der Waals surface area contributed by atoms with Crippen molar-refractivity contribution in [3.05, 3.63) is 6.33 Å². The highest BCUT2D eigenvalue weighted by Crippen LogP contribution is 2.13. The number of rotatable bonds is 2. The average Bonchev–Trinajstić information content (AvgIpc) is 2.49. The van der Waals surface area contributed by atoms with Crippen LogP contribution in [0.4, 0.5) is 5.82 Å². The van der Waals surface area contributed by atoms with Gasteiger partial charge in [-0.2, -0.15) is 0 Å². The zero-order valence-electron chi connectivity index (χ0n) is 8.18. The van der Waals surface area contributed by atoms with Crippen LogP contribution in [0.5, 0.6) is 0 Å². The first-order valence-electron chi connectivity index (χ1n) is 4.48. The topological polar surface area (TPSA) is 82.5 Å². The van der Waals surface area contributed by atoms with E-state index in [1.165, 1.54) is 6.33 Å². The van der Waals surface area contributed by atoms with E-state index in [-0.39, 0.29) is 0 Å². The lowest BCUT2D eigenvalue weighted by atomic mass is 10.2. The number of hydrogen-bond donors (Lipinski definition) is 1. The van der Waals surface area contributed by atoms with Gasteiger partial charge in [-0.05, 0) is 5.92 Å². The third-order valence-corrected chi connectivity index (χ3v) is 1.87. The predicted octanol–water partition coefficient (Wildman–Crippen LogP) is 0.459. The molecule has 0 unspecified atom stereocenters. The van der Waals surface area contributed by atoms with Gasteiger partial charge in [-0.15, -0.1) is 5.10 Å². The summed E-state index contributed by atoms with van der Waals surface area (Å²) in [5.41, 5.74) is 6.91. The van der Waals surface area contributed by atoms with Gasteiger partial charge in [0.05, 0.1) is 0 Å². The summed E-state index contributed by atoms with van der Waals surface area (Å²) in [7, 11) is 0. The van der Waals surface area contributed by atoms with Crippen LogP contribution in [0.15, 0.2) is 6.33 Å². The molecule has 0 bridgehead atoms. The molecule has 6 nitrogen and oxygen atoms in total. The van der Waals surface area contributed by atoms with Crippen LogP contribution in [-0.4, -0.2) is 25.0 Å². The zero-order valence-corrected chi connectivity index (χ0v) is 8.18. The van der Waals surface area contributed by atoms with Crippen LogP contribution in [0, 0.1) is 5.92 Å². The zero-order chi connectivity index (χ0) is 10.1. The average molecular weight is 192 g/mol. The quantitative estimate of drug-likeness (QED) is 0.747. The molecule has 0 saturated carbocycles. The summed E-state index contributed by atoms with van der Waals surface area (Å²) in [4.78, 5) is 7.95. The summed E-state index contributed by atoms with van der Waals surface area (Å²) >= 11 is 0. The van der Waals surface area contributed by atoms with Gasteiger partial charge in [-0.3, -0.25) is 0 Å². The number of anilines is 1. The maximum Gasteiger partial charge on any atom is 0.183 e. The third-order valence-electron chi connectivity index (χ3n) is 1.87. The van der Waals surface area contributed by atoms with Crippen molar-refractivity contribution in [1.29, 1.82) is 0 Å². The standard InChI is InChI=1S/C8H12N6/c1-5(2)3-14-8-6(12-13-14)7(9)10-4-11-8/h4-5H,3H2,1-2H3,(H2,9,10,11). The number of fused-ring (bicyclic) bond motifs is 1. The van der Waals surface area contributed by atoms with E-state index in [2.05, 4.69) is 34.1 Å². The first-order valence-corrected chi connectivity index (χ1v) is 4.48. The first-order chi connectivity index (χ1) is 6.68. The molecular weight excluding hydrogens is 180 g/mol. The molecule has 0 aliphatic carbocycles. The molecule has 0 saturated heterocycles. The highest BCUT2D eigenvalue weighted by molar-refractivity contribution is 5.80. The Morgan fingerprint density at radius 2 is 2.21 bits per heavy atom. The van der Waals surface area contributed by atoms with Gasteiger partial charge in [0.15, 0.2) is 17.0 Å². The van der Waals surface area contributed by atoms with Gasteiger partial charge in [0, 0.05) is 6.54 Å². The molecule has 2 heterocycles. The van der Waals surface area contributed by atoms with E-state index < -0.39 is 0 Å². The van der Waals surface area contributed by atoms with Crippen molar-refractivity contribution in [3.63, 3.8) is 0 Å². The summed E-state index contributed by atoms with van der Waals surface area (Å²) < 4.78 is 1.75. The summed E-state index contributed by atoms with van der Waals surface area (Å²) in [5, 5.41) is 7.91. The SMILES string of the molecule is CC(C)Cn1nnc2c(N)ncnc21. The Balaban J connectivity index is 2.52. The fourth-order valence-electron chi connectivity index (χ4n) is 1.28. The van der Waals surface area contributed by atoms with Crippen molar-refractivity contribution in [2.45, 2.75) is 20.4 Å². The highest BCUT2D eigenvalue weighted by atomic mass is 15.4. The van der Waals surface area contributed by atoms with Crippen molar-refractivity contribution in [3.8, 4) is 0 Å². The fourth-order valence-corrected chi connectivity index (χ4v) is 1.28. The van der Waals surface area contributed by atoms with Crippen molar-refractivity contribution in [2.24, 2.45) is 5.92 Å². The van der Waals surface area contributed by atoms with E-state index in [1.807, 2.05) is 0 Å². The number of aromatic nitrogens is 5.